The summed E-state index contributed by atoms with van der Waals surface area (Å²) in [5, 5.41) is 3.45. The second kappa shape index (κ2) is 8.50. The van der Waals surface area contributed by atoms with E-state index in [-0.39, 0.29) is 6.10 Å². The van der Waals surface area contributed by atoms with Crippen molar-refractivity contribution in [2.24, 2.45) is 0 Å². The molecule has 1 aliphatic rings. The highest BCUT2D eigenvalue weighted by Crippen LogP contribution is 2.27. The first kappa shape index (κ1) is 19.7. The molecular weight excluding hydrogens is 350 g/mol. The van der Waals surface area contributed by atoms with E-state index in [1.165, 1.54) is 0 Å². The average Bonchev–Trinajstić information content (AvgIpc) is 2.44. The van der Waals surface area contributed by atoms with Crippen LogP contribution < -0.4 is 5.32 Å². The van der Waals surface area contributed by atoms with Crippen molar-refractivity contribution in [2.75, 3.05) is 19.0 Å². The van der Waals surface area contributed by atoms with Crippen molar-refractivity contribution in [1.82, 2.24) is 5.32 Å². The lowest BCUT2D eigenvalue weighted by atomic mass is 9.94. The number of halogens is 1. The predicted octanol–water partition coefficient (Wildman–Crippen LogP) is 3.64. The zero-order valence-electron chi connectivity index (χ0n) is 14.4. The van der Waals surface area contributed by atoms with Crippen LogP contribution in [0.25, 0.3) is 0 Å². The highest BCUT2D eigenvalue weighted by Gasteiger charge is 2.31. The molecular formula is C16H30BrNO4. The molecule has 0 heterocycles. The van der Waals surface area contributed by atoms with Gasteiger partial charge in [0.25, 0.3) is 0 Å². The molecule has 0 bridgehead atoms. The summed E-state index contributed by atoms with van der Waals surface area (Å²) >= 11 is 3.49. The van der Waals surface area contributed by atoms with Crippen LogP contribution in [0.4, 0.5) is 4.79 Å². The number of carbonyl (C=O) groups is 1. The van der Waals surface area contributed by atoms with Crippen LogP contribution in [0.5, 0.6) is 0 Å². The summed E-state index contributed by atoms with van der Waals surface area (Å²) in [6.07, 6.45) is 4.20. The molecule has 1 aliphatic carbocycles. The maximum atomic E-state index is 11.8. The first-order valence-corrected chi connectivity index (χ1v) is 9.03. The second-order valence-electron chi connectivity index (χ2n) is 7.19. The third kappa shape index (κ3) is 7.29. The van der Waals surface area contributed by atoms with Gasteiger partial charge < -0.3 is 19.5 Å². The Morgan fingerprint density at radius 1 is 1.14 bits per heavy atom. The Labute approximate surface area is 142 Å². The highest BCUT2D eigenvalue weighted by atomic mass is 79.9. The second-order valence-corrected chi connectivity index (χ2v) is 7.75. The molecule has 0 aromatic rings. The zero-order chi connectivity index (χ0) is 16.8. The van der Waals surface area contributed by atoms with Crippen molar-refractivity contribution in [2.45, 2.75) is 76.8 Å². The van der Waals surface area contributed by atoms with Gasteiger partial charge in [-0.2, -0.15) is 0 Å². The number of methoxy groups -OCH3 is 1. The van der Waals surface area contributed by atoms with Crippen LogP contribution in [0.1, 0.15) is 53.4 Å². The summed E-state index contributed by atoms with van der Waals surface area (Å²) in [6, 6.07) is 0. The molecule has 0 aliphatic heterocycles. The molecule has 0 spiro atoms. The molecule has 0 aromatic carbocycles. The molecule has 1 fully saturated rings. The summed E-state index contributed by atoms with van der Waals surface area (Å²) in [5.74, 6) is 0. The maximum absolute atomic E-state index is 11.8. The lowest BCUT2D eigenvalue weighted by molar-refractivity contribution is -0.0936. The minimum Gasteiger partial charge on any atom is -0.444 e. The summed E-state index contributed by atoms with van der Waals surface area (Å²) in [5.41, 5.74) is -0.935. The van der Waals surface area contributed by atoms with Crippen molar-refractivity contribution in [1.29, 1.82) is 0 Å². The first-order chi connectivity index (χ1) is 10.2. The first-order valence-electron chi connectivity index (χ1n) is 7.91. The average molecular weight is 380 g/mol. The van der Waals surface area contributed by atoms with Gasteiger partial charge in [-0.25, -0.2) is 4.79 Å². The van der Waals surface area contributed by atoms with Gasteiger partial charge in [-0.05, 0) is 53.4 Å². The van der Waals surface area contributed by atoms with Crippen molar-refractivity contribution >= 4 is 22.0 Å². The number of ether oxygens (including phenoxy) is 3. The smallest absolute Gasteiger partial charge is 0.407 e. The minimum absolute atomic E-state index is 0.217. The number of hydrogen-bond acceptors (Lipinski definition) is 4. The Hall–Kier alpha value is -0.330. The number of alkyl halides is 1. The van der Waals surface area contributed by atoms with Gasteiger partial charge in [0, 0.05) is 12.4 Å². The minimum atomic E-state index is -0.492. The third-order valence-corrected chi connectivity index (χ3v) is 4.88. The van der Waals surface area contributed by atoms with E-state index in [1.807, 2.05) is 27.7 Å². The quantitative estimate of drug-likeness (QED) is 0.715. The van der Waals surface area contributed by atoms with E-state index < -0.39 is 17.3 Å². The molecule has 6 heteroatoms. The van der Waals surface area contributed by atoms with Gasteiger partial charge in [-0.3, -0.25) is 0 Å². The third-order valence-electron chi connectivity index (χ3n) is 3.69. The Kier molecular flexibility index (Phi) is 7.62. The Balaban J connectivity index is 2.42. The fraction of sp³-hybridized carbons (Fsp3) is 0.938. The van der Waals surface area contributed by atoms with Crippen LogP contribution in [-0.4, -0.2) is 48.5 Å². The molecule has 1 rings (SSSR count). The van der Waals surface area contributed by atoms with Crippen LogP contribution >= 0.6 is 15.9 Å². The SMILES string of the molecule is COC1CCC(OC(C)(CBr)CNC(=O)OC(C)(C)C)CC1. The zero-order valence-corrected chi connectivity index (χ0v) is 16.0. The number of hydrogen-bond donors (Lipinski definition) is 1. The van der Waals surface area contributed by atoms with Crippen molar-refractivity contribution < 1.29 is 19.0 Å². The van der Waals surface area contributed by atoms with Gasteiger partial charge in [-0.1, -0.05) is 15.9 Å². The number of nitrogens with one attached hydrogen (secondary N) is 1. The molecule has 1 N–H and O–H groups in total. The fourth-order valence-electron chi connectivity index (χ4n) is 2.48. The molecule has 1 unspecified atom stereocenters. The van der Waals surface area contributed by atoms with Crippen LogP contribution in [0.2, 0.25) is 0 Å². The number of amides is 1. The summed E-state index contributed by atoms with van der Waals surface area (Å²) < 4.78 is 16.9. The molecule has 0 radical (unpaired) electrons. The van der Waals surface area contributed by atoms with Gasteiger partial charge in [0.1, 0.15) is 5.60 Å². The summed E-state index contributed by atoms with van der Waals surface area (Å²) in [4.78, 5) is 11.8. The van der Waals surface area contributed by atoms with Gasteiger partial charge in [0.15, 0.2) is 0 Å². The van der Waals surface area contributed by atoms with Gasteiger partial charge in [-0.15, -0.1) is 0 Å². The molecule has 5 nitrogen and oxygen atoms in total. The Morgan fingerprint density at radius 3 is 2.14 bits per heavy atom. The lowest BCUT2D eigenvalue weighted by Crippen LogP contribution is -2.48. The Bertz CT molecular complexity index is 351. The summed E-state index contributed by atoms with van der Waals surface area (Å²) in [7, 11) is 1.76. The topological polar surface area (TPSA) is 56.8 Å². The molecule has 1 saturated carbocycles. The Morgan fingerprint density at radius 2 is 1.68 bits per heavy atom. The van der Waals surface area contributed by atoms with Gasteiger partial charge in [0.2, 0.25) is 0 Å². The van der Waals surface area contributed by atoms with Crippen molar-refractivity contribution in [3.63, 3.8) is 0 Å². The normalized spacial score (nSPS) is 25.4. The largest absolute Gasteiger partial charge is 0.444 e. The van der Waals surface area contributed by atoms with E-state index >= 15 is 0 Å². The van der Waals surface area contributed by atoms with Crippen LogP contribution in [0.3, 0.4) is 0 Å². The van der Waals surface area contributed by atoms with Gasteiger partial charge >= 0.3 is 6.09 Å². The van der Waals surface area contributed by atoms with Crippen LogP contribution in [0, 0.1) is 0 Å². The maximum Gasteiger partial charge on any atom is 0.407 e. The number of carbonyl (C=O) groups excluding carboxylic acids is 1. The van der Waals surface area contributed by atoms with E-state index in [9.17, 15) is 4.79 Å². The van der Waals surface area contributed by atoms with E-state index in [1.54, 1.807) is 7.11 Å². The monoisotopic (exact) mass is 379 g/mol. The number of rotatable bonds is 6. The molecule has 22 heavy (non-hydrogen) atoms. The molecule has 0 saturated heterocycles. The van der Waals surface area contributed by atoms with E-state index in [0.717, 1.165) is 25.7 Å². The fourth-order valence-corrected chi connectivity index (χ4v) is 2.81. The van der Waals surface area contributed by atoms with Crippen LogP contribution in [-0.2, 0) is 14.2 Å². The molecule has 1 atom stereocenters. The van der Waals surface area contributed by atoms with E-state index in [2.05, 4.69) is 21.2 Å². The van der Waals surface area contributed by atoms with Crippen molar-refractivity contribution in [3.8, 4) is 0 Å². The van der Waals surface area contributed by atoms with Gasteiger partial charge in [0.05, 0.1) is 24.4 Å². The molecule has 0 aromatic heterocycles. The highest BCUT2D eigenvalue weighted by molar-refractivity contribution is 9.09. The standard InChI is InChI=1S/C16H30BrNO4/c1-15(2,3)22-14(19)18-11-16(4,10-17)21-13-8-6-12(20-5)7-9-13/h12-13H,6-11H2,1-5H3,(H,18,19). The summed E-state index contributed by atoms with van der Waals surface area (Å²) in [6.45, 7) is 7.96. The number of alkyl carbamates (subject to hydrolysis) is 1. The molecule has 130 valence electrons. The predicted molar refractivity (Wildman–Crippen MR) is 90.6 cm³/mol. The molecule has 1 amide bonds. The van der Waals surface area contributed by atoms with E-state index in [4.69, 9.17) is 14.2 Å². The van der Waals surface area contributed by atoms with E-state index in [0.29, 0.717) is 18.0 Å². The van der Waals surface area contributed by atoms with Crippen molar-refractivity contribution in [3.05, 3.63) is 0 Å². The van der Waals surface area contributed by atoms with Crippen LogP contribution in [0.15, 0.2) is 0 Å². The lowest BCUT2D eigenvalue weighted by Gasteiger charge is -2.36.